The van der Waals surface area contributed by atoms with Crippen molar-refractivity contribution >= 4 is 27.2 Å². The minimum Gasteiger partial charge on any atom is -0.370 e. The number of fused-ring (bicyclic) bond motifs is 5. The van der Waals surface area contributed by atoms with E-state index in [2.05, 4.69) is 23.9 Å². The molecule has 6 nitrogen and oxygen atoms in total. The molecule has 0 N–H and O–H groups in total. The lowest BCUT2D eigenvalue weighted by molar-refractivity contribution is -0.0379. The molecule has 0 aromatic carbocycles. The molecule has 5 rings (SSSR count). The molecule has 0 saturated carbocycles. The lowest BCUT2D eigenvalue weighted by atomic mass is 9.94. The van der Waals surface area contributed by atoms with Crippen LogP contribution in [0.1, 0.15) is 30.1 Å². The zero-order valence-corrected chi connectivity index (χ0v) is 15.1. The summed E-state index contributed by atoms with van der Waals surface area (Å²) in [5.41, 5.74) is 2.97. The lowest BCUT2D eigenvalue weighted by Crippen LogP contribution is -2.31. The number of hydrogen-bond acceptors (Lipinski definition) is 6. The molecule has 126 valence electrons. The highest BCUT2D eigenvalue weighted by atomic mass is 32.1. The summed E-state index contributed by atoms with van der Waals surface area (Å²) in [6, 6.07) is 3.85. The van der Waals surface area contributed by atoms with E-state index in [1.807, 2.05) is 23.6 Å². The van der Waals surface area contributed by atoms with Crippen LogP contribution in [-0.2, 0) is 17.8 Å². The van der Waals surface area contributed by atoms with Gasteiger partial charge in [0.2, 0.25) is 0 Å². The molecule has 0 atom stereocenters. The van der Waals surface area contributed by atoms with Gasteiger partial charge >= 0.3 is 0 Å². The highest BCUT2D eigenvalue weighted by Gasteiger charge is 2.31. The Morgan fingerprint density at radius 3 is 2.80 bits per heavy atom. The third-order valence-corrected chi connectivity index (χ3v) is 5.71. The molecule has 7 heteroatoms. The quantitative estimate of drug-likeness (QED) is 0.525. The Morgan fingerprint density at radius 1 is 1.20 bits per heavy atom. The SMILES string of the molecule is Cc1nc2sc3c(c2c2nc(-c4ccncc4)nn12)CC(C)(C)OC3. The first-order valence-corrected chi connectivity index (χ1v) is 9.05. The van der Waals surface area contributed by atoms with E-state index in [4.69, 9.17) is 14.7 Å². The van der Waals surface area contributed by atoms with Crippen LogP contribution in [0.2, 0.25) is 0 Å². The molecular weight excluding hydrogens is 334 g/mol. The average molecular weight is 351 g/mol. The summed E-state index contributed by atoms with van der Waals surface area (Å²) in [4.78, 5) is 16.0. The molecule has 0 saturated heterocycles. The van der Waals surface area contributed by atoms with Crippen LogP contribution in [-0.4, -0.2) is 30.2 Å². The van der Waals surface area contributed by atoms with Gasteiger partial charge in [-0.25, -0.2) is 9.97 Å². The van der Waals surface area contributed by atoms with Crippen LogP contribution in [0.25, 0.3) is 27.3 Å². The average Bonchev–Trinajstić information content (AvgIpc) is 3.16. The van der Waals surface area contributed by atoms with Crippen molar-refractivity contribution < 1.29 is 4.74 Å². The van der Waals surface area contributed by atoms with Crippen molar-refractivity contribution in [3.05, 3.63) is 40.8 Å². The Morgan fingerprint density at radius 2 is 2.00 bits per heavy atom. The Balaban J connectivity index is 1.82. The number of aryl methyl sites for hydroxylation is 1. The van der Waals surface area contributed by atoms with Crippen molar-refractivity contribution in [2.24, 2.45) is 0 Å². The monoisotopic (exact) mass is 351 g/mol. The van der Waals surface area contributed by atoms with Gasteiger partial charge < -0.3 is 4.74 Å². The molecule has 1 aliphatic heterocycles. The summed E-state index contributed by atoms with van der Waals surface area (Å²) in [7, 11) is 0. The van der Waals surface area contributed by atoms with E-state index in [1.54, 1.807) is 23.7 Å². The first kappa shape index (κ1) is 14.9. The number of hydrogen-bond donors (Lipinski definition) is 0. The van der Waals surface area contributed by atoms with Gasteiger partial charge in [-0.2, -0.15) is 4.52 Å². The normalized spacial score (nSPS) is 16.4. The van der Waals surface area contributed by atoms with E-state index in [9.17, 15) is 0 Å². The summed E-state index contributed by atoms with van der Waals surface area (Å²) in [5, 5.41) is 5.81. The maximum absolute atomic E-state index is 5.97. The second kappa shape index (κ2) is 5.06. The Kier molecular flexibility index (Phi) is 3.02. The Hall–Kier alpha value is -2.38. The third-order valence-electron chi connectivity index (χ3n) is 4.61. The standard InChI is InChI=1S/C18H17N5OS/c1-10-20-17-14(12-8-18(2,3)24-9-13(12)25-17)16-21-15(22-23(10)16)11-4-6-19-7-5-11/h4-7H,8-9H2,1-3H3. The van der Waals surface area contributed by atoms with Gasteiger partial charge in [0.15, 0.2) is 11.5 Å². The zero-order chi connectivity index (χ0) is 17.2. The van der Waals surface area contributed by atoms with Crippen molar-refractivity contribution in [1.82, 2.24) is 24.6 Å². The second-order valence-electron chi connectivity index (χ2n) is 6.97. The predicted octanol–water partition coefficient (Wildman–Crippen LogP) is 3.56. The smallest absolute Gasteiger partial charge is 0.182 e. The summed E-state index contributed by atoms with van der Waals surface area (Å²) in [5.74, 6) is 1.54. The van der Waals surface area contributed by atoms with Crippen molar-refractivity contribution in [2.75, 3.05) is 0 Å². The fourth-order valence-corrected chi connectivity index (χ4v) is 4.51. The molecule has 0 spiro atoms. The van der Waals surface area contributed by atoms with E-state index in [-0.39, 0.29) is 5.60 Å². The molecular formula is C18H17N5OS. The number of aromatic nitrogens is 5. The van der Waals surface area contributed by atoms with Gasteiger partial charge in [0, 0.05) is 29.3 Å². The van der Waals surface area contributed by atoms with Gasteiger partial charge in [-0.3, -0.25) is 4.98 Å². The molecule has 0 bridgehead atoms. The maximum Gasteiger partial charge on any atom is 0.182 e. The van der Waals surface area contributed by atoms with Crippen LogP contribution in [0.3, 0.4) is 0 Å². The summed E-state index contributed by atoms with van der Waals surface area (Å²) in [6.07, 6.45) is 4.38. The Bertz CT molecular complexity index is 1110. The second-order valence-corrected chi connectivity index (χ2v) is 8.06. The predicted molar refractivity (Wildman–Crippen MR) is 96.7 cm³/mol. The van der Waals surface area contributed by atoms with Crippen LogP contribution in [0.15, 0.2) is 24.5 Å². The van der Waals surface area contributed by atoms with Gasteiger partial charge in [0.05, 0.1) is 17.6 Å². The van der Waals surface area contributed by atoms with Crippen LogP contribution >= 0.6 is 11.3 Å². The number of rotatable bonds is 1. The molecule has 4 aromatic rings. The third kappa shape index (κ3) is 2.26. The molecule has 0 aliphatic carbocycles. The molecule has 0 amide bonds. The highest BCUT2D eigenvalue weighted by Crippen LogP contribution is 2.40. The number of thiophene rings is 1. The minimum atomic E-state index is -0.170. The largest absolute Gasteiger partial charge is 0.370 e. The van der Waals surface area contributed by atoms with Crippen LogP contribution in [0.4, 0.5) is 0 Å². The highest BCUT2D eigenvalue weighted by molar-refractivity contribution is 7.19. The van der Waals surface area contributed by atoms with Crippen molar-refractivity contribution in [3.63, 3.8) is 0 Å². The van der Waals surface area contributed by atoms with Crippen LogP contribution < -0.4 is 0 Å². The molecule has 4 aromatic heterocycles. The molecule has 5 heterocycles. The molecule has 25 heavy (non-hydrogen) atoms. The molecule has 0 unspecified atom stereocenters. The number of nitrogens with zero attached hydrogens (tertiary/aromatic N) is 5. The Labute approximate surface area is 148 Å². The van der Waals surface area contributed by atoms with Crippen molar-refractivity contribution in [3.8, 4) is 11.4 Å². The van der Waals surface area contributed by atoms with Crippen LogP contribution in [0, 0.1) is 6.92 Å². The molecule has 0 radical (unpaired) electrons. The molecule has 0 fully saturated rings. The van der Waals surface area contributed by atoms with Gasteiger partial charge in [0.1, 0.15) is 10.7 Å². The first-order valence-electron chi connectivity index (χ1n) is 8.24. The fraction of sp³-hybridized carbons (Fsp3) is 0.333. The van der Waals surface area contributed by atoms with Crippen LogP contribution in [0.5, 0.6) is 0 Å². The molecule has 1 aliphatic rings. The van der Waals surface area contributed by atoms with Gasteiger partial charge in [-0.05, 0) is 38.5 Å². The lowest BCUT2D eigenvalue weighted by Gasteiger charge is -2.30. The summed E-state index contributed by atoms with van der Waals surface area (Å²) in [6.45, 7) is 6.87. The van der Waals surface area contributed by atoms with Gasteiger partial charge in [-0.15, -0.1) is 16.4 Å². The summed E-state index contributed by atoms with van der Waals surface area (Å²) < 4.78 is 7.83. The minimum absolute atomic E-state index is 0.170. The van der Waals surface area contributed by atoms with E-state index in [0.29, 0.717) is 12.4 Å². The van der Waals surface area contributed by atoms with Crippen molar-refractivity contribution in [1.29, 1.82) is 0 Å². The summed E-state index contributed by atoms with van der Waals surface area (Å²) >= 11 is 1.71. The van der Waals surface area contributed by atoms with Crippen molar-refractivity contribution in [2.45, 2.75) is 39.4 Å². The maximum atomic E-state index is 5.97. The fourth-order valence-electron chi connectivity index (χ4n) is 3.37. The van der Waals surface area contributed by atoms with E-state index < -0.39 is 0 Å². The van der Waals surface area contributed by atoms with E-state index in [1.165, 1.54) is 10.4 Å². The van der Waals surface area contributed by atoms with E-state index in [0.717, 1.165) is 33.7 Å². The zero-order valence-electron chi connectivity index (χ0n) is 14.3. The topological polar surface area (TPSA) is 65.2 Å². The first-order chi connectivity index (χ1) is 12.0. The van der Waals surface area contributed by atoms with Gasteiger partial charge in [-0.1, -0.05) is 0 Å². The van der Waals surface area contributed by atoms with E-state index >= 15 is 0 Å². The van der Waals surface area contributed by atoms with Gasteiger partial charge in [0.25, 0.3) is 0 Å². The number of ether oxygens (including phenoxy) is 1. The number of pyridine rings is 1.